The molecule has 9 heteroatoms. The Bertz CT molecular complexity index is 845. The standard InChI is InChI=1S/C18H24N2O6S/c1-12-3-4-13(2)16(11-12)27(24,25)20-9-7-19(8-10-20)17(21)14-5-6-15(26-14)18(22)23/h3-4,11,14-15H,5-10H2,1-2H3,(H,22,23)/t14-,15+/m0/s1. The molecule has 1 N–H and O–H groups in total. The number of hydrogen-bond acceptors (Lipinski definition) is 5. The summed E-state index contributed by atoms with van der Waals surface area (Å²) in [4.78, 5) is 25.4. The van der Waals surface area contributed by atoms with Crippen molar-refractivity contribution in [2.75, 3.05) is 26.2 Å². The number of aryl methyl sites for hydroxylation is 2. The van der Waals surface area contributed by atoms with Gasteiger partial charge >= 0.3 is 5.97 Å². The summed E-state index contributed by atoms with van der Waals surface area (Å²) in [5.74, 6) is -1.32. The molecule has 0 aliphatic carbocycles. The molecular weight excluding hydrogens is 372 g/mol. The first-order chi connectivity index (χ1) is 12.7. The van der Waals surface area contributed by atoms with Gasteiger partial charge in [-0.2, -0.15) is 4.31 Å². The molecule has 0 aromatic heterocycles. The van der Waals surface area contributed by atoms with Crippen LogP contribution in [0.15, 0.2) is 23.1 Å². The average molecular weight is 396 g/mol. The number of amides is 1. The van der Waals surface area contributed by atoms with Crippen molar-refractivity contribution in [2.24, 2.45) is 0 Å². The Morgan fingerprint density at radius 1 is 1.07 bits per heavy atom. The first kappa shape index (κ1) is 19.8. The van der Waals surface area contributed by atoms with Crippen molar-refractivity contribution in [3.63, 3.8) is 0 Å². The van der Waals surface area contributed by atoms with Crippen molar-refractivity contribution in [3.05, 3.63) is 29.3 Å². The molecule has 27 heavy (non-hydrogen) atoms. The fraction of sp³-hybridized carbons (Fsp3) is 0.556. The summed E-state index contributed by atoms with van der Waals surface area (Å²) in [6.45, 7) is 4.55. The van der Waals surface area contributed by atoms with E-state index in [-0.39, 0.29) is 32.1 Å². The summed E-state index contributed by atoms with van der Waals surface area (Å²) in [6.07, 6.45) is -1.01. The summed E-state index contributed by atoms with van der Waals surface area (Å²) in [5, 5.41) is 8.97. The molecule has 2 saturated heterocycles. The monoisotopic (exact) mass is 396 g/mol. The number of carbonyl (C=O) groups excluding carboxylic acids is 1. The van der Waals surface area contributed by atoms with E-state index in [1.165, 1.54) is 4.31 Å². The average Bonchev–Trinajstić information content (AvgIpc) is 3.13. The third-order valence-corrected chi connectivity index (χ3v) is 7.12. The fourth-order valence-electron chi connectivity index (χ4n) is 3.48. The van der Waals surface area contributed by atoms with Crippen LogP contribution >= 0.6 is 0 Å². The van der Waals surface area contributed by atoms with Crippen LogP contribution in [0.1, 0.15) is 24.0 Å². The van der Waals surface area contributed by atoms with Gasteiger partial charge in [-0.1, -0.05) is 12.1 Å². The van der Waals surface area contributed by atoms with Crippen molar-refractivity contribution < 1.29 is 27.9 Å². The second kappa shape index (κ2) is 7.57. The highest BCUT2D eigenvalue weighted by Crippen LogP contribution is 2.25. The topological polar surface area (TPSA) is 104 Å². The maximum Gasteiger partial charge on any atom is 0.332 e. The molecule has 1 amide bonds. The Balaban J connectivity index is 1.64. The van der Waals surface area contributed by atoms with Gasteiger partial charge in [0.25, 0.3) is 5.91 Å². The third kappa shape index (κ3) is 3.99. The quantitative estimate of drug-likeness (QED) is 0.806. The first-order valence-corrected chi connectivity index (χ1v) is 10.4. The molecule has 0 unspecified atom stereocenters. The van der Waals surface area contributed by atoms with Crippen LogP contribution < -0.4 is 0 Å². The maximum atomic E-state index is 12.9. The molecule has 2 aliphatic heterocycles. The number of sulfonamides is 1. The minimum absolute atomic E-state index is 0.205. The number of nitrogens with zero attached hydrogens (tertiary/aromatic N) is 2. The van der Waals surface area contributed by atoms with E-state index in [4.69, 9.17) is 9.84 Å². The van der Waals surface area contributed by atoms with E-state index < -0.39 is 28.2 Å². The van der Waals surface area contributed by atoms with Crippen LogP contribution in [0.25, 0.3) is 0 Å². The van der Waals surface area contributed by atoms with Gasteiger partial charge in [0.2, 0.25) is 10.0 Å². The molecule has 0 saturated carbocycles. The molecule has 0 bridgehead atoms. The Hall–Kier alpha value is -1.97. The number of carboxylic acids is 1. The number of rotatable bonds is 4. The number of piperazine rings is 1. The summed E-state index contributed by atoms with van der Waals surface area (Å²) < 4.78 is 32.6. The van der Waals surface area contributed by atoms with Gasteiger partial charge in [-0.25, -0.2) is 13.2 Å². The Morgan fingerprint density at radius 3 is 2.30 bits per heavy atom. The molecule has 8 nitrogen and oxygen atoms in total. The van der Waals surface area contributed by atoms with Gasteiger partial charge in [0, 0.05) is 26.2 Å². The molecule has 0 spiro atoms. The van der Waals surface area contributed by atoms with Crippen LogP contribution in [0.4, 0.5) is 0 Å². The zero-order valence-corrected chi connectivity index (χ0v) is 16.2. The lowest BCUT2D eigenvalue weighted by Crippen LogP contribution is -2.52. The smallest absolute Gasteiger partial charge is 0.332 e. The largest absolute Gasteiger partial charge is 0.479 e. The predicted molar refractivity (Wildman–Crippen MR) is 96.8 cm³/mol. The van der Waals surface area contributed by atoms with E-state index in [1.54, 1.807) is 24.0 Å². The SMILES string of the molecule is Cc1ccc(C)c(S(=O)(=O)N2CCN(C(=O)[C@@H]3CC[C@H](C(=O)O)O3)CC2)c1. The summed E-state index contributed by atoms with van der Waals surface area (Å²) >= 11 is 0. The molecule has 1 aromatic carbocycles. The van der Waals surface area contributed by atoms with Crippen molar-refractivity contribution >= 4 is 21.9 Å². The molecule has 2 atom stereocenters. The van der Waals surface area contributed by atoms with Gasteiger partial charge < -0.3 is 14.7 Å². The highest BCUT2D eigenvalue weighted by atomic mass is 32.2. The molecule has 2 heterocycles. The van der Waals surface area contributed by atoms with Gasteiger partial charge in [0.05, 0.1) is 4.90 Å². The second-order valence-electron chi connectivity index (χ2n) is 7.03. The number of ether oxygens (including phenoxy) is 1. The number of carbonyl (C=O) groups is 2. The number of aliphatic carboxylic acids is 1. The lowest BCUT2D eigenvalue weighted by Gasteiger charge is -2.35. The fourth-order valence-corrected chi connectivity index (χ4v) is 5.21. The normalized spacial score (nSPS) is 24.1. The van der Waals surface area contributed by atoms with Gasteiger partial charge in [0.1, 0.15) is 6.10 Å². The van der Waals surface area contributed by atoms with Crippen molar-refractivity contribution in [3.8, 4) is 0 Å². The van der Waals surface area contributed by atoms with Crippen molar-refractivity contribution in [1.82, 2.24) is 9.21 Å². The van der Waals surface area contributed by atoms with Crippen LogP contribution in [0.3, 0.4) is 0 Å². The van der Waals surface area contributed by atoms with Crippen molar-refractivity contribution in [1.29, 1.82) is 0 Å². The van der Waals surface area contributed by atoms with Gasteiger partial charge in [-0.3, -0.25) is 4.79 Å². The molecule has 0 radical (unpaired) electrons. The third-order valence-electron chi connectivity index (χ3n) is 5.08. The molecular formula is C18H24N2O6S. The summed E-state index contributed by atoms with van der Waals surface area (Å²) in [7, 11) is -3.62. The predicted octanol–water partition coefficient (Wildman–Crippen LogP) is 0.769. The van der Waals surface area contributed by atoms with E-state index in [9.17, 15) is 18.0 Å². The zero-order chi connectivity index (χ0) is 19.8. The zero-order valence-electron chi connectivity index (χ0n) is 15.4. The van der Waals surface area contributed by atoms with Crippen LogP contribution in [-0.2, 0) is 24.3 Å². The minimum Gasteiger partial charge on any atom is -0.479 e. The number of hydrogen-bond donors (Lipinski definition) is 1. The van der Waals surface area contributed by atoms with Gasteiger partial charge in [0.15, 0.2) is 6.10 Å². The molecule has 2 aliphatic rings. The van der Waals surface area contributed by atoms with Crippen LogP contribution in [-0.4, -0.2) is 73.0 Å². The van der Waals surface area contributed by atoms with E-state index in [1.807, 2.05) is 13.0 Å². The van der Waals surface area contributed by atoms with E-state index in [0.717, 1.165) is 5.56 Å². The lowest BCUT2D eigenvalue weighted by atomic mass is 10.1. The highest BCUT2D eigenvalue weighted by molar-refractivity contribution is 7.89. The van der Waals surface area contributed by atoms with E-state index in [0.29, 0.717) is 23.3 Å². The van der Waals surface area contributed by atoms with E-state index >= 15 is 0 Å². The minimum atomic E-state index is -3.62. The van der Waals surface area contributed by atoms with Crippen LogP contribution in [0, 0.1) is 13.8 Å². The Kier molecular flexibility index (Phi) is 5.55. The first-order valence-electron chi connectivity index (χ1n) is 8.94. The lowest BCUT2D eigenvalue weighted by molar-refractivity contribution is -0.155. The van der Waals surface area contributed by atoms with Gasteiger partial charge in [-0.15, -0.1) is 0 Å². The van der Waals surface area contributed by atoms with Gasteiger partial charge in [-0.05, 0) is 43.9 Å². The highest BCUT2D eigenvalue weighted by Gasteiger charge is 2.38. The van der Waals surface area contributed by atoms with Crippen LogP contribution in [0.5, 0.6) is 0 Å². The Morgan fingerprint density at radius 2 is 1.70 bits per heavy atom. The Labute approximate surface area is 158 Å². The summed E-state index contributed by atoms with van der Waals surface area (Å²) in [6, 6.07) is 5.33. The molecule has 3 rings (SSSR count). The second-order valence-corrected chi connectivity index (χ2v) is 8.93. The molecule has 148 valence electrons. The summed E-state index contributed by atoms with van der Waals surface area (Å²) in [5.41, 5.74) is 1.57. The molecule has 1 aromatic rings. The van der Waals surface area contributed by atoms with Crippen molar-refractivity contribution in [2.45, 2.75) is 43.8 Å². The number of benzene rings is 1. The molecule has 2 fully saturated rings. The maximum absolute atomic E-state index is 12.9. The van der Waals surface area contributed by atoms with Crippen LogP contribution in [0.2, 0.25) is 0 Å². The number of carboxylic acid groups (broad SMARTS) is 1. The van der Waals surface area contributed by atoms with E-state index in [2.05, 4.69) is 0 Å².